The molecule has 0 atom stereocenters. The van der Waals surface area contributed by atoms with E-state index < -0.39 is 0 Å². The van der Waals surface area contributed by atoms with Crippen LogP contribution in [0.15, 0.2) is 24.3 Å². The standard InChI is InChI=1S/C15H16N4O2/c1-10(2)14-13(8-16)17-18-19(14)9-11-4-6-12(7-5-11)15(20)21-3/h4-7,10H,9H2,1-3H3. The van der Waals surface area contributed by atoms with Crippen LogP contribution in [0.5, 0.6) is 0 Å². The number of carbonyl (C=O) groups excluding carboxylic acids is 1. The molecule has 1 aromatic heterocycles. The zero-order valence-corrected chi connectivity index (χ0v) is 12.2. The smallest absolute Gasteiger partial charge is 0.337 e. The number of carbonyl (C=O) groups is 1. The summed E-state index contributed by atoms with van der Waals surface area (Å²) in [5.41, 5.74) is 2.64. The Morgan fingerprint density at radius 3 is 2.57 bits per heavy atom. The maximum atomic E-state index is 11.4. The van der Waals surface area contributed by atoms with Gasteiger partial charge in [0.1, 0.15) is 6.07 Å². The third kappa shape index (κ3) is 3.08. The molecule has 2 aromatic rings. The van der Waals surface area contributed by atoms with Crippen molar-refractivity contribution in [3.8, 4) is 6.07 Å². The van der Waals surface area contributed by atoms with Crippen LogP contribution >= 0.6 is 0 Å². The van der Waals surface area contributed by atoms with Gasteiger partial charge >= 0.3 is 5.97 Å². The average Bonchev–Trinajstić information content (AvgIpc) is 2.90. The number of hydrogen-bond acceptors (Lipinski definition) is 5. The predicted octanol–water partition coefficient (Wildman–Crippen LogP) is 2.11. The molecule has 21 heavy (non-hydrogen) atoms. The summed E-state index contributed by atoms with van der Waals surface area (Å²) >= 11 is 0. The first-order chi connectivity index (χ1) is 10.1. The van der Waals surface area contributed by atoms with Crippen LogP contribution < -0.4 is 0 Å². The Bertz CT molecular complexity index is 681. The third-order valence-electron chi connectivity index (χ3n) is 3.13. The molecule has 6 nitrogen and oxygen atoms in total. The maximum absolute atomic E-state index is 11.4. The fourth-order valence-corrected chi connectivity index (χ4v) is 2.13. The van der Waals surface area contributed by atoms with E-state index in [1.54, 1.807) is 16.8 Å². The van der Waals surface area contributed by atoms with E-state index in [0.717, 1.165) is 11.3 Å². The largest absolute Gasteiger partial charge is 0.465 e. The Kier molecular flexibility index (Phi) is 4.33. The van der Waals surface area contributed by atoms with Gasteiger partial charge in [-0.1, -0.05) is 31.2 Å². The third-order valence-corrected chi connectivity index (χ3v) is 3.13. The molecule has 0 fully saturated rings. The lowest BCUT2D eigenvalue weighted by Gasteiger charge is -2.09. The molecule has 1 aromatic carbocycles. The molecule has 0 unspecified atom stereocenters. The van der Waals surface area contributed by atoms with E-state index in [4.69, 9.17) is 5.26 Å². The summed E-state index contributed by atoms with van der Waals surface area (Å²) in [7, 11) is 1.35. The van der Waals surface area contributed by atoms with Gasteiger partial charge in [-0.3, -0.25) is 0 Å². The maximum Gasteiger partial charge on any atom is 0.337 e. The van der Waals surface area contributed by atoms with Crippen LogP contribution in [0.4, 0.5) is 0 Å². The normalized spacial score (nSPS) is 10.4. The molecule has 108 valence electrons. The summed E-state index contributed by atoms with van der Waals surface area (Å²) in [6.07, 6.45) is 0. The van der Waals surface area contributed by atoms with Crippen molar-refractivity contribution >= 4 is 5.97 Å². The van der Waals surface area contributed by atoms with E-state index >= 15 is 0 Å². The molecule has 1 heterocycles. The highest BCUT2D eigenvalue weighted by molar-refractivity contribution is 5.89. The molecule has 0 aliphatic heterocycles. The summed E-state index contributed by atoms with van der Waals surface area (Å²) in [5, 5.41) is 17.0. The minimum absolute atomic E-state index is 0.156. The molecule has 2 rings (SSSR count). The molecule has 0 aliphatic rings. The van der Waals surface area contributed by atoms with Crippen LogP contribution in [0.3, 0.4) is 0 Å². The minimum Gasteiger partial charge on any atom is -0.465 e. The summed E-state index contributed by atoms with van der Waals surface area (Å²) < 4.78 is 6.38. The van der Waals surface area contributed by atoms with Gasteiger partial charge in [-0.25, -0.2) is 9.48 Å². The number of benzene rings is 1. The lowest BCUT2D eigenvalue weighted by Crippen LogP contribution is -2.09. The van der Waals surface area contributed by atoms with Crippen LogP contribution in [0.1, 0.15) is 47.1 Å². The number of nitriles is 1. The van der Waals surface area contributed by atoms with E-state index in [-0.39, 0.29) is 11.9 Å². The number of nitrogens with zero attached hydrogens (tertiary/aromatic N) is 4. The second-order valence-electron chi connectivity index (χ2n) is 4.94. The molecule has 0 amide bonds. The van der Waals surface area contributed by atoms with Crippen LogP contribution in [0, 0.1) is 11.3 Å². The van der Waals surface area contributed by atoms with Gasteiger partial charge in [0.15, 0.2) is 5.69 Å². The van der Waals surface area contributed by atoms with Gasteiger partial charge in [0, 0.05) is 0 Å². The number of rotatable bonds is 4. The monoisotopic (exact) mass is 284 g/mol. The van der Waals surface area contributed by atoms with Crippen molar-refractivity contribution in [3.05, 3.63) is 46.8 Å². The number of methoxy groups -OCH3 is 1. The fourth-order valence-electron chi connectivity index (χ4n) is 2.13. The SMILES string of the molecule is COC(=O)c1ccc(Cn2nnc(C#N)c2C(C)C)cc1. The molecule has 0 saturated carbocycles. The highest BCUT2D eigenvalue weighted by atomic mass is 16.5. The van der Waals surface area contributed by atoms with Crippen molar-refractivity contribution in [2.45, 2.75) is 26.3 Å². The lowest BCUT2D eigenvalue weighted by molar-refractivity contribution is 0.0600. The second kappa shape index (κ2) is 6.18. The van der Waals surface area contributed by atoms with Crippen LogP contribution in [-0.2, 0) is 11.3 Å². The van der Waals surface area contributed by atoms with Crippen LogP contribution in [-0.4, -0.2) is 28.1 Å². The van der Waals surface area contributed by atoms with Crippen molar-refractivity contribution < 1.29 is 9.53 Å². The van der Waals surface area contributed by atoms with Crippen molar-refractivity contribution in [1.29, 1.82) is 5.26 Å². The first-order valence-corrected chi connectivity index (χ1v) is 6.57. The lowest BCUT2D eigenvalue weighted by atomic mass is 10.1. The van der Waals surface area contributed by atoms with Crippen molar-refractivity contribution in [1.82, 2.24) is 15.0 Å². The zero-order valence-electron chi connectivity index (χ0n) is 12.2. The molecular weight excluding hydrogens is 268 g/mol. The van der Waals surface area contributed by atoms with Gasteiger partial charge in [0.25, 0.3) is 0 Å². The van der Waals surface area contributed by atoms with Gasteiger partial charge in [-0.05, 0) is 23.6 Å². The molecule has 0 spiro atoms. The van der Waals surface area contributed by atoms with E-state index in [9.17, 15) is 4.79 Å². The molecular formula is C15H16N4O2. The summed E-state index contributed by atoms with van der Waals surface area (Å²) in [6, 6.07) is 9.15. The van der Waals surface area contributed by atoms with Crippen LogP contribution in [0.25, 0.3) is 0 Å². The number of esters is 1. The van der Waals surface area contributed by atoms with Gasteiger partial charge < -0.3 is 4.74 Å². The Labute approximate surface area is 123 Å². The van der Waals surface area contributed by atoms with Crippen molar-refractivity contribution in [2.24, 2.45) is 0 Å². The zero-order chi connectivity index (χ0) is 15.4. The van der Waals surface area contributed by atoms with E-state index in [2.05, 4.69) is 21.1 Å². The number of aromatic nitrogens is 3. The summed E-state index contributed by atoms with van der Waals surface area (Å²) in [4.78, 5) is 11.4. The highest BCUT2D eigenvalue weighted by Gasteiger charge is 2.16. The van der Waals surface area contributed by atoms with E-state index in [1.807, 2.05) is 26.0 Å². The van der Waals surface area contributed by atoms with Crippen molar-refractivity contribution in [2.75, 3.05) is 7.11 Å². The van der Waals surface area contributed by atoms with E-state index in [1.165, 1.54) is 7.11 Å². The van der Waals surface area contributed by atoms with Gasteiger partial charge in [-0.2, -0.15) is 5.26 Å². The van der Waals surface area contributed by atoms with Crippen LogP contribution in [0.2, 0.25) is 0 Å². The Hall–Kier alpha value is -2.68. The van der Waals surface area contributed by atoms with Gasteiger partial charge in [-0.15, -0.1) is 5.10 Å². The topological polar surface area (TPSA) is 80.8 Å². The van der Waals surface area contributed by atoms with Gasteiger partial charge in [0.05, 0.1) is 24.9 Å². The molecule has 0 bridgehead atoms. The minimum atomic E-state index is -0.364. The molecule has 0 N–H and O–H groups in total. The first-order valence-electron chi connectivity index (χ1n) is 6.57. The summed E-state index contributed by atoms with van der Waals surface area (Å²) in [6.45, 7) is 4.50. The molecule has 6 heteroatoms. The Morgan fingerprint density at radius 2 is 2.05 bits per heavy atom. The quantitative estimate of drug-likeness (QED) is 0.803. The van der Waals surface area contributed by atoms with Gasteiger partial charge in [0.2, 0.25) is 0 Å². The number of hydrogen-bond donors (Lipinski definition) is 0. The molecule has 0 aliphatic carbocycles. The Morgan fingerprint density at radius 1 is 1.38 bits per heavy atom. The fraction of sp³-hybridized carbons (Fsp3) is 0.333. The predicted molar refractivity (Wildman–Crippen MR) is 75.7 cm³/mol. The highest BCUT2D eigenvalue weighted by Crippen LogP contribution is 2.18. The first kappa shape index (κ1) is 14.7. The second-order valence-corrected chi connectivity index (χ2v) is 4.94. The number of ether oxygens (including phenoxy) is 1. The molecule has 0 radical (unpaired) electrons. The van der Waals surface area contributed by atoms with Crippen molar-refractivity contribution in [3.63, 3.8) is 0 Å². The Balaban J connectivity index is 2.25. The average molecular weight is 284 g/mol. The summed E-state index contributed by atoms with van der Waals surface area (Å²) in [5.74, 6) is -0.207. The van der Waals surface area contributed by atoms with E-state index in [0.29, 0.717) is 17.8 Å². The molecule has 0 saturated heterocycles.